The molecule has 0 unspecified atom stereocenters. The Balaban J connectivity index is 2.07. The predicted octanol–water partition coefficient (Wildman–Crippen LogP) is 1.11. The summed E-state index contributed by atoms with van der Waals surface area (Å²) in [5, 5.41) is 10.6. The molecule has 2 aromatic heterocycles. The van der Waals surface area contributed by atoms with Gasteiger partial charge in [0.15, 0.2) is 5.82 Å². The lowest BCUT2D eigenvalue weighted by Crippen LogP contribution is -2.26. The molecule has 8 nitrogen and oxygen atoms in total. The van der Waals surface area contributed by atoms with Gasteiger partial charge in [0.05, 0.1) is 6.54 Å². The predicted molar refractivity (Wildman–Crippen MR) is 82.0 cm³/mol. The Bertz CT molecular complexity index is 650. The summed E-state index contributed by atoms with van der Waals surface area (Å²) in [6, 6.07) is 1.66. The van der Waals surface area contributed by atoms with Crippen molar-refractivity contribution < 1.29 is 4.79 Å². The molecular formula is C14H21N7O. The van der Waals surface area contributed by atoms with Gasteiger partial charge in [-0.15, -0.1) is 10.2 Å². The highest BCUT2D eigenvalue weighted by atomic mass is 16.1. The number of nitrogens with one attached hydrogen (secondary N) is 1. The third-order valence-electron chi connectivity index (χ3n) is 3.15. The second kappa shape index (κ2) is 6.97. The van der Waals surface area contributed by atoms with Gasteiger partial charge < -0.3 is 15.6 Å². The van der Waals surface area contributed by atoms with Crippen LogP contribution in [-0.4, -0.2) is 30.6 Å². The maximum Gasteiger partial charge on any atom is 0.270 e. The van der Waals surface area contributed by atoms with Crippen LogP contribution in [0.5, 0.6) is 0 Å². The van der Waals surface area contributed by atoms with Crippen molar-refractivity contribution >= 4 is 11.9 Å². The molecule has 0 atom stereocenters. The largest absolute Gasteiger partial charge is 0.368 e. The van der Waals surface area contributed by atoms with Gasteiger partial charge in [-0.05, 0) is 18.4 Å². The van der Waals surface area contributed by atoms with Crippen LogP contribution in [0.3, 0.4) is 0 Å². The molecule has 0 radical (unpaired) electrons. The van der Waals surface area contributed by atoms with Crippen molar-refractivity contribution in [3.05, 3.63) is 29.6 Å². The van der Waals surface area contributed by atoms with Crippen molar-refractivity contribution in [1.82, 2.24) is 30.0 Å². The normalized spacial score (nSPS) is 10.9. The number of anilines is 1. The van der Waals surface area contributed by atoms with E-state index in [1.54, 1.807) is 12.4 Å². The van der Waals surface area contributed by atoms with Crippen LogP contribution in [0.25, 0.3) is 0 Å². The minimum absolute atomic E-state index is 0.102. The number of carbonyl (C=O) groups excluding carboxylic acids is 1. The molecule has 0 aromatic carbocycles. The third-order valence-corrected chi connectivity index (χ3v) is 3.15. The number of hydrogen-bond acceptors (Lipinski definition) is 6. The van der Waals surface area contributed by atoms with Crippen LogP contribution in [0, 0.1) is 0 Å². The molecule has 2 rings (SSSR count). The van der Waals surface area contributed by atoms with Gasteiger partial charge in [-0.3, -0.25) is 4.79 Å². The first kappa shape index (κ1) is 15.9. The lowest BCUT2D eigenvalue weighted by Gasteiger charge is -2.09. The van der Waals surface area contributed by atoms with Gasteiger partial charge in [0.1, 0.15) is 12.0 Å². The summed E-state index contributed by atoms with van der Waals surface area (Å²) in [6.07, 6.45) is 2.63. The van der Waals surface area contributed by atoms with Gasteiger partial charge in [-0.1, -0.05) is 20.8 Å². The fourth-order valence-corrected chi connectivity index (χ4v) is 1.99. The molecule has 8 heteroatoms. The molecule has 2 aromatic rings. The Morgan fingerprint density at radius 3 is 2.86 bits per heavy atom. The summed E-state index contributed by atoms with van der Waals surface area (Å²) in [6.45, 7) is 7.14. The van der Waals surface area contributed by atoms with E-state index in [1.807, 2.05) is 18.4 Å². The Kier molecular flexibility index (Phi) is 5.03. The van der Waals surface area contributed by atoms with Crippen LogP contribution in [0.15, 0.2) is 12.4 Å². The van der Waals surface area contributed by atoms with Crippen molar-refractivity contribution in [2.75, 3.05) is 5.73 Å². The highest BCUT2D eigenvalue weighted by molar-refractivity contribution is 5.92. The van der Waals surface area contributed by atoms with Crippen molar-refractivity contribution in [3.63, 3.8) is 0 Å². The van der Waals surface area contributed by atoms with E-state index in [-0.39, 0.29) is 23.5 Å². The molecule has 118 valence electrons. The summed E-state index contributed by atoms with van der Waals surface area (Å²) in [4.78, 5) is 20.3. The molecule has 22 heavy (non-hydrogen) atoms. The van der Waals surface area contributed by atoms with Gasteiger partial charge in [-0.2, -0.15) is 0 Å². The summed E-state index contributed by atoms with van der Waals surface area (Å²) < 4.78 is 1.91. The fourth-order valence-electron chi connectivity index (χ4n) is 1.99. The van der Waals surface area contributed by atoms with Crippen LogP contribution in [0.4, 0.5) is 5.95 Å². The second-order valence-electron chi connectivity index (χ2n) is 5.31. The maximum atomic E-state index is 12.2. The summed E-state index contributed by atoms with van der Waals surface area (Å²) >= 11 is 0. The van der Waals surface area contributed by atoms with Crippen molar-refractivity contribution in [2.45, 2.75) is 46.2 Å². The Labute approximate surface area is 129 Å². The van der Waals surface area contributed by atoms with E-state index in [1.165, 1.54) is 0 Å². The quantitative estimate of drug-likeness (QED) is 0.827. The van der Waals surface area contributed by atoms with Crippen LogP contribution in [0.1, 0.15) is 55.1 Å². The average Bonchev–Trinajstić information content (AvgIpc) is 2.92. The first-order valence-corrected chi connectivity index (χ1v) is 7.30. The highest BCUT2D eigenvalue weighted by Gasteiger charge is 2.13. The van der Waals surface area contributed by atoms with Gasteiger partial charge in [0.25, 0.3) is 5.91 Å². The van der Waals surface area contributed by atoms with E-state index in [0.717, 1.165) is 18.7 Å². The lowest BCUT2D eigenvalue weighted by molar-refractivity contribution is 0.0944. The first-order chi connectivity index (χ1) is 10.5. The Hall–Kier alpha value is -2.51. The first-order valence-electron chi connectivity index (χ1n) is 7.30. The molecule has 0 saturated heterocycles. The molecule has 3 N–H and O–H groups in total. The topological polar surface area (TPSA) is 112 Å². The van der Waals surface area contributed by atoms with E-state index in [9.17, 15) is 4.79 Å². The molecule has 2 heterocycles. The molecule has 0 fully saturated rings. The summed E-state index contributed by atoms with van der Waals surface area (Å²) in [7, 11) is 0. The molecule has 0 aliphatic rings. The number of amides is 1. The average molecular weight is 303 g/mol. The zero-order valence-electron chi connectivity index (χ0n) is 13.1. The van der Waals surface area contributed by atoms with Crippen molar-refractivity contribution in [1.29, 1.82) is 0 Å². The monoisotopic (exact) mass is 303 g/mol. The molecule has 1 amide bonds. The van der Waals surface area contributed by atoms with Gasteiger partial charge in [0, 0.05) is 12.2 Å². The fraction of sp³-hybridized carbons (Fsp3) is 0.500. The molecule has 0 saturated carbocycles. The smallest absolute Gasteiger partial charge is 0.270 e. The lowest BCUT2D eigenvalue weighted by atomic mass is 10.1. The third kappa shape index (κ3) is 3.78. The number of nitrogens with zero attached hydrogens (tertiary/aromatic N) is 5. The maximum absolute atomic E-state index is 12.2. The van der Waals surface area contributed by atoms with Crippen molar-refractivity contribution in [3.8, 4) is 0 Å². The molecule has 0 spiro atoms. The van der Waals surface area contributed by atoms with E-state index < -0.39 is 0 Å². The highest BCUT2D eigenvalue weighted by Crippen LogP contribution is 2.13. The van der Waals surface area contributed by atoms with E-state index in [0.29, 0.717) is 12.4 Å². The minimum atomic E-state index is -0.304. The zero-order chi connectivity index (χ0) is 16.1. The molecular weight excluding hydrogens is 282 g/mol. The van der Waals surface area contributed by atoms with Crippen LogP contribution in [-0.2, 0) is 13.1 Å². The minimum Gasteiger partial charge on any atom is -0.368 e. The number of nitrogens with two attached hydrogens (primary N) is 1. The number of carbonyl (C=O) groups is 1. The molecule has 0 aliphatic heterocycles. The van der Waals surface area contributed by atoms with E-state index >= 15 is 0 Å². The van der Waals surface area contributed by atoms with Crippen LogP contribution < -0.4 is 11.1 Å². The van der Waals surface area contributed by atoms with E-state index in [2.05, 4.69) is 32.4 Å². The SMILES string of the molecule is CCCn1cnnc1CNC(=O)c1cc(C(C)C)nc(N)n1. The van der Waals surface area contributed by atoms with Gasteiger partial charge in [-0.25, -0.2) is 9.97 Å². The number of rotatable bonds is 6. The van der Waals surface area contributed by atoms with E-state index in [4.69, 9.17) is 5.73 Å². The molecule has 0 aliphatic carbocycles. The van der Waals surface area contributed by atoms with Crippen molar-refractivity contribution in [2.24, 2.45) is 0 Å². The Morgan fingerprint density at radius 1 is 1.41 bits per heavy atom. The van der Waals surface area contributed by atoms with Crippen LogP contribution >= 0.6 is 0 Å². The number of aromatic nitrogens is 5. The number of nitrogen functional groups attached to an aromatic ring is 1. The van der Waals surface area contributed by atoms with Gasteiger partial charge in [0.2, 0.25) is 5.95 Å². The van der Waals surface area contributed by atoms with Crippen LogP contribution in [0.2, 0.25) is 0 Å². The second-order valence-corrected chi connectivity index (χ2v) is 5.31. The summed E-state index contributed by atoms with van der Waals surface area (Å²) in [5.74, 6) is 0.679. The summed E-state index contributed by atoms with van der Waals surface area (Å²) in [5.41, 5.74) is 6.66. The Morgan fingerprint density at radius 2 is 2.18 bits per heavy atom. The molecule has 0 bridgehead atoms. The standard InChI is InChI=1S/C14H21N7O/c1-4-5-21-8-17-20-12(21)7-16-13(22)11-6-10(9(2)3)18-14(15)19-11/h6,8-9H,4-5,7H2,1-3H3,(H,16,22)(H2,15,18,19). The number of hydrogen-bond donors (Lipinski definition) is 2. The van der Waals surface area contributed by atoms with Gasteiger partial charge >= 0.3 is 0 Å². The number of aryl methyl sites for hydroxylation is 1. The zero-order valence-corrected chi connectivity index (χ0v) is 13.1.